The third-order valence-electron chi connectivity index (χ3n) is 2.13. The SMILES string of the molecule is CCSCC(C)Nc1cc(C(=O)O)c(N)cn1. The molecule has 0 saturated heterocycles. The molecule has 0 spiro atoms. The zero-order valence-corrected chi connectivity index (χ0v) is 10.8. The van der Waals surface area contributed by atoms with Gasteiger partial charge >= 0.3 is 5.97 Å². The van der Waals surface area contributed by atoms with E-state index in [1.165, 1.54) is 12.3 Å². The first-order valence-corrected chi connectivity index (χ1v) is 6.53. The van der Waals surface area contributed by atoms with Crippen LogP contribution in [-0.4, -0.2) is 33.6 Å². The number of carbonyl (C=O) groups is 1. The van der Waals surface area contributed by atoms with E-state index in [2.05, 4.69) is 17.2 Å². The topological polar surface area (TPSA) is 88.2 Å². The van der Waals surface area contributed by atoms with Crippen LogP contribution >= 0.6 is 11.8 Å². The summed E-state index contributed by atoms with van der Waals surface area (Å²) in [6, 6.07) is 1.70. The number of aromatic carboxylic acids is 1. The minimum absolute atomic E-state index is 0.0813. The van der Waals surface area contributed by atoms with Gasteiger partial charge in [0.2, 0.25) is 0 Å². The van der Waals surface area contributed by atoms with Crippen LogP contribution in [0.15, 0.2) is 12.3 Å². The van der Waals surface area contributed by atoms with Crippen LogP contribution in [-0.2, 0) is 0 Å². The highest BCUT2D eigenvalue weighted by Crippen LogP contribution is 2.16. The molecule has 1 atom stereocenters. The molecule has 1 rings (SSSR count). The van der Waals surface area contributed by atoms with Crippen LogP contribution in [0.4, 0.5) is 11.5 Å². The fourth-order valence-corrected chi connectivity index (χ4v) is 1.99. The Balaban J connectivity index is 2.72. The number of hydrogen-bond donors (Lipinski definition) is 3. The van der Waals surface area contributed by atoms with E-state index < -0.39 is 5.97 Å². The van der Waals surface area contributed by atoms with Gasteiger partial charge in [0.15, 0.2) is 0 Å². The van der Waals surface area contributed by atoms with Crippen molar-refractivity contribution in [2.45, 2.75) is 19.9 Å². The first-order valence-electron chi connectivity index (χ1n) is 5.37. The summed E-state index contributed by atoms with van der Waals surface area (Å²) in [6.07, 6.45) is 1.37. The number of nitrogens with one attached hydrogen (secondary N) is 1. The summed E-state index contributed by atoms with van der Waals surface area (Å²) in [7, 11) is 0. The van der Waals surface area contributed by atoms with Crippen molar-refractivity contribution in [1.82, 2.24) is 4.98 Å². The fourth-order valence-electron chi connectivity index (χ4n) is 1.32. The number of nitrogens with zero attached hydrogens (tertiary/aromatic N) is 1. The molecule has 1 aromatic heterocycles. The molecule has 6 heteroatoms. The van der Waals surface area contributed by atoms with Gasteiger partial charge in [-0.25, -0.2) is 9.78 Å². The van der Waals surface area contributed by atoms with Gasteiger partial charge in [0.05, 0.1) is 17.4 Å². The van der Waals surface area contributed by atoms with Crippen molar-refractivity contribution < 1.29 is 9.90 Å². The summed E-state index contributed by atoms with van der Waals surface area (Å²) in [5.41, 5.74) is 5.79. The van der Waals surface area contributed by atoms with Crippen LogP contribution in [0, 0.1) is 0 Å². The van der Waals surface area contributed by atoms with Crippen molar-refractivity contribution in [2.24, 2.45) is 0 Å². The average Bonchev–Trinajstić information content (AvgIpc) is 2.28. The van der Waals surface area contributed by atoms with Crippen LogP contribution in [0.5, 0.6) is 0 Å². The van der Waals surface area contributed by atoms with Crippen molar-refractivity contribution in [2.75, 3.05) is 22.6 Å². The fraction of sp³-hybridized carbons (Fsp3) is 0.455. The zero-order valence-electron chi connectivity index (χ0n) is 9.93. The Hall–Kier alpha value is -1.43. The largest absolute Gasteiger partial charge is 0.478 e. The van der Waals surface area contributed by atoms with Gasteiger partial charge in [0.1, 0.15) is 5.82 Å². The number of carboxylic acid groups (broad SMARTS) is 1. The van der Waals surface area contributed by atoms with Crippen LogP contribution < -0.4 is 11.1 Å². The highest BCUT2D eigenvalue weighted by atomic mass is 32.2. The van der Waals surface area contributed by atoms with Crippen LogP contribution in [0.1, 0.15) is 24.2 Å². The lowest BCUT2D eigenvalue weighted by Gasteiger charge is -2.14. The van der Waals surface area contributed by atoms with E-state index in [1.807, 2.05) is 18.7 Å². The molecule has 17 heavy (non-hydrogen) atoms. The number of rotatable bonds is 6. The molecule has 0 aliphatic rings. The molecule has 0 fully saturated rings. The summed E-state index contributed by atoms with van der Waals surface area (Å²) in [4.78, 5) is 15.0. The first-order chi connectivity index (χ1) is 8.04. The van der Waals surface area contributed by atoms with Crippen molar-refractivity contribution in [3.8, 4) is 0 Å². The highest BCUT2D eigenvalue weighted by Gasteiger charge is 2.10. The standard InChI is InChI=1S/C11H17N3O2S/c1-3-17-6-7(2)14-10-4-8(11(15)16)9(12)5-13-10/h4-5,7H,3,6,12H2,1-2H3,(H,13,14)(H,15,16). The van der Waals surface area contributed by atoms with Gasteiger partial charge in [0, 0.05) is 11.8 Å². The van der Waals surface area contributed by atoms with E-state index in [0.717, 1.165) is 11.5 Å². The smallest absolute Gasteiger partial charge is 0.337 e. The monoisotopic (exact) mass is 255 g/mol. The molecule has 4 N–H and O–H groups in total. The van der Waals surface area contributed by atoms with Gasteiger partial charge in [-0.2, -0.15) is 11.8 Å². The molecular weight excluding hydrogens is 238 g/mol. The van der Waals surface area contributed by atoms with Crippen LogP contribution in [0.25, 0.3) is 0 Å². The Morgan fingerprint density at radius 1 is 1.71 bits per heavy atom. The molecular formula is C11H17N3O2S. The zero-order chi connectivity index (χ0) is 12.8. The van der Waals surface area contributed by atoms with Gasteiger partial charge in [-0.1, -0.05) is 6.92 Å². The molecule has 0 aromatic carbocycles. The normalized spacial score (nSPS) is 12.1. The van der Waals surface area contributed by atoms with Gasteiger partial charge < -0.3 is 16.2 Å². The molecule has 0 amide bonds. The van der Waals surface area contributed by atoms with E-state index in [1.54, 1.807) is 0 Å². The van der Waals surface area contributed by atoms with E-state index in [-0.39, 0.29) is 17.3 Å². The van der Waals surface area contributed by atoms with Crippen LogP contribution in [0.3, 0.4) is 0 Å². The number of nitrogen functional groups attached to an aromatic ring is 1. The number of hydrogen-bond acceptors (Lipinski definition) is 5. The molecule has 1 unspecified atom stereocenters. The first kappa shape index (κ1) is 13.6. The Bertz CT molecular complexity index is 398. The van der Waals surface area contributed by atoms with Crippen molar-refractivity contribution in [1.29, 1.82) is 0 Å². The van der Waals surface area contributed by atoms with E-state index in [0.29, 0.717) is 5.82 Å². The van der Waals surface area contributed by atoms with E-state index in [4.69, 9.17) is 10.8 Å². The number of thioether (sulfide) groups is 1. The van der Waals surface area contributed by atoms with Crippen LogP contribution in [0.2, 0.25) is 0 Å². The summed E-state index contributed by atoms with van der Waals surface area (Å²) in [5.74, 6) is 1.51. The number of pyridine rings is 1. The van der Waals surface area contributed by atoms with E-state index in [9.17, 15) is 4.79 Å². The third-order valence-corrected chi connectivity index (χ3v) is 3.28. The second kappa shape index (κ2) is 6.34. The molecule has 0 aliphatic carbocycles. The number of carboxylic acids is 1. The predicted octanol–water partition coefficient (Wildman–Crippen LogP) is 1.92. The second-order valence-corrected chi connectivity index (χ2v) is 4.99. The maximum Gasteiger partial charge on any atom is 0.337 e. The number of nitrogens with two attached hydrogens (primary N) is 1. The van der Waals surface area contributed by atoms with Gasteiger partial charge in [0.25, 0.3) is 0 Å². The summed E-state index contributed by atoms with van der Waals surface area (Å²) < 4.78 is 0. The summed E-state index contributed by atoms with van der Waals surface area (Å²) in [5, 5.41) is 12.1. The second-order valence-electron chi connectivity index (χ2n) is 3.67. The van der Waals surface area contributed by atoms with Gasteiger partial charge in [-0.05, 0) is 18.7 Å². The van der Waals surface area contributed by atoms with Gasteiger partial charge in [-0.15, -0.1) is 0 Å². The molecule has 0 aliphatic heterocycles. The Kier molecular flexibility index (Phi) is 5.09. The average molecular weight is 255 g/mol. The maximum atomic E-state index is 10.9. The van der Waals surface area contributed by atoms with Crippen molar-refractivity contribution in [3.05, 3.63) is 17.8 Å². The van der Waals surface area contributed by atoms with E-state index >= 15 is 0 Å². The number of anilines is 2. The summed E-state index contributed by atoms with van der Waals surface area (Å²) >= 11 is 1.82. The minimum Gasteiger partial charge on any atom is -0.478 e. The van der Waals surface area contributed by atoms with Crippen molar-refractivity contribution in [3.63, 3.8) is 0 Å². The highest BCUT2D eigenvalue weighted by molar-refractivity contribution is 7.99. The maximum absolute atomic E-state index is 10.9. The molecule has 1 aromatic rings. The quantitative estimate of drug-likeness (QED) is 0.719. The number of aromatic nitrogens is 1. The van der Waals surface area contributed by atoms with Crippen molar-refractivity contribution >= 4 is 29.2 Å². The molecule has 5 nitrogen and oxygen atoms in total. The predicted molar refractivity (Wildman–Crippen MR) is 71.7 cm³/mol. The lowest BCUT2D eigenvalue weighted by Crippen LogP contribution is -2.19. The lowest BCUT2D eigenvalue weighted by molar-refractivity contribution is 0.0698. The Morgan fingerprint density at radius 3 is 3.00 bits per heavy atom. The molecule has 0 saturated carbocycles. The Labute approximate surface area is 105 Å². The molecule has 0 radical (unpaired) electrons. The lowest BCUT2D eigenvalue weighted by atomic mass is 10.2. The Morgan fingerprint density at radius 2 is 2.41 bits per heavy atom. The minimum atomic E-state index is -1.04. The third kappa shape index (κ3) is 4.14. The van der Waals surface area contributed by atoms with Gasteiger partial charge in [-0.3, -0.25) is 0 Å². The summed E-state index contributed by atoms with van der Waals surface area (Å²) in [6.45, 7) is 4.13. The molecule has 1 heterocycles. The molecule has 94 valence electrons. The molecule has 0 bridgehead atoms.